The van der Waals surface area contributed by atoms with Gasteiger partial charge in [-0.2, -0.15) is 0 Å². The van der Waals surface area contributed by atoms with E-state index in [2.05, 4.69) is 25.8 Å². The summed E-state index contributed by atoms with van der Waals surface area (Å²) in [6, 6.07) is 33.8. The van der Waals surface area contributed by atoms with Crippen LogP contribution < -0.4 is 15.0 Å². The number of aromatic carboxylic acids is 1. The smallest absolute Gasteiger partial charge is 0.335 e. The van der Waals surface area contributed by atoms with Gasteiger partial charge in [0.05, 0.1) is 17.3 Å². The van der Waals surface area contributed by atoms with Gasteiger partial charge in [-0.05, 0) is 97.1 Å². The van der Waals surface area contributed by atoms with Crippen LogP contribution in [0.25, 0.3) is 5.69 Å². The summed E-state index contributed by atoms with van der Waals surface area (Å²) in [5, 5.41) is 13.4. The molecule has 1 fully saturated rings. The second-order valence-corrected chi connectivity index (χ2v) is 9.45. The molecule has 0 bridgehead atoms. The predicted octanol–water partition coefficient (Wildman–Crippen LogP) is 6.54. The number of nitrogens with one attached hydrogen (secondary N) is 1. The van der Waals surface area contributed by atoms with E-state index < -0.39 is 5.97 Å². The van der Waals surface area contributed by atoms with E-state index >= 15 is 0 Å². The number of hydrogen-bond acceptors (Lipinski definition) is 4. The van der Waals surface area contributed by atoms with Crippen LogP contribution in [0.3, 0.4) is 0 Å². The normalized spacial score (nSPS) is 16.6. The maximum absolute atomic E-state index is 11.4. The van der Waals surface area contributed by atoms with E-state index in [1.807, 2.05) is 97.2 Å². The number of nitrogens with zero attached hydrogens (tertiary/aromatic N) is 3. The Bertz CT molecular complexity index is 1600. The Labute approximate surface area is 230 Å². The van der Waals surface area contributed by atoms with Crippen molar-refractivity contribution in [3.8, 4) is 17.2 Å². The van der Waals surface area contributed by atoms with Crippen molar-refractivity contribution in [2.24, 2.45) is 0 Å². The molecule has 39 heavy (non-hydrogen) atoms. The molecule has 6 rings (SSSR count). The van der Waals surface area contributed by atoms with E-state index in [9.17, 15) is 9.90 Å². The van der Waals surface area contributed by atoms with E-state index in [0.29, 0.717) is 5.11 Å². The van der Waals surface area contributed by atoms with Crippen LogP contribution in [0.15, 0.2) is 122 Å². The summed E-state index contributed by atoms with van der Waals surface area (Å²) < 4.78 is 8.05. The van der Waals surface area contributed by atoms with Crippen LogP contribution in [0.4, 0.5) is 5.69 Å². The van der Waals surface area contributed by atoms with Crippen molar-refractivity contribution in [1.82, 2.24) is 14.9 Å². The van der Waals surface area contributed by atoms with Crippen molar-refractivity contribution < 1.29 is 14.6 Å². The standard InChI is InChI=1S/C31H24N4O3S/c36-30(37)21-11-13-22(14-12-21)34-20-6-10-27(34)29-28(26-9-4-5-19-32-26)33-31(39)35(29)23-15-17-25(18-16-23)38-24-7-2-1-3-8-24/h1-20,28-29H,(H,33,39)(H,36,37)/t28-,29+/m0/s1. The zero-order valence-electron chi connectivity index (χ0n) is 20.7. The number of pyridine rings is 1. The van der Waals surface area contributed by atoms with Gasteiger partial charge in [0.25, 0.3) is 0 Å². The maximum atomic E-state index is 11.4. The van der Waals surface area contributed by atoms with Crippen LogP contribution in [-0.2, 0) is 0 Å². The van der Waals surface area contributed by atoms with Crippen molar-refractivity contribution >= 4 is 29.0 Å². The van der Waals surface area contributed by atoms with Gasteiger partial charge in [0.1, 0.15) is 17.5 Å². The monoisotopic (exact) mass is 532 g/mol. The molecule has 2 aromatic heterocycles. The number of carboxylic acid groups (broad SMARTS) is 1. The van der Waals surface area contributed by atoms with Gasteiger partial charge >= 0.3 is 5.97 Å². The van der Waals surface area contributed by atoms with Gasteiger partial charge in [-0.1, -0.05) is 24.3 Å². The number of aromatic nitrogens is 2. The molecule has 3 heterocycles. The van der Waals surface area contributed by atoms with Gasteiger partial charge in [-0.15, -0.1) is 0 Å². The van der Waals surface area contributed by atoms with Crippen molar-refractivity contribution in [1.29, 1.82) is 0 Å². The van der Waals surface area contributed by atoms with E-state index in [0.717, 1.165) is 34.3 Å². The van der Waals surface area contributed by atoms with Crippen molar-refractivity contribution in [2.75, 3.05) is 4.90 Å². The summed E-state index contributed by atoms with van der Waals surface area (Å²) in [6.45, 7) is 0. The average Bonchev–Trinajstić information content (AvgIpc) is 3.59. The van der Waals surface area contributed by atoms with Crippen molar-refractivity contribution in [3.05, 3.63) is 139 Å². The van der Waals surface area contributed by atoms with Gasteiger partial charge in [0.15, 0.2) is 5.11 Å². The summed E-state index contributed by atoms with van der Waals surface area (Å²) in [4.78, 5) is 18.1. The van der Waals surface area contributed by atoms with Gasteiger partial charge < -0.3 is 24.6 Å². The average molecular weight is 533 g/mol. The Morgan fingerprint density at radius 1 is 0.821 bits per heavy atom. The third kappa shape index (κ3) is 4.85. The molecule has 0 amide bonds. The van der Waals surface area contributed by atoms with Crippen LogP contribution in [0.5, 0.6) is 11.5 Å². The van der Waals surface area contributed by atoms with Crippen molar-refractivity contribution in [3.63, 3.8) is 0 Å². The summed E-state index contributed by atoms with van der Waals surface area (Å²) in [6.07, 6.45) is 3.75. The van der Waals surface area contributed by atoms with Gasteiger partial charge in [0, 0.05) is 29.5 Å². The van der Waals surface area contributed by atoms with Gasteiger partial charge in [0.2, 0.25) is 0 Å². The number of hydrogen-bond donors (Lipinski definition) is 2. The fourth-order valence-electron chi connectivity index (χ4n) is 4.87. The Kier molecular flexibility index (Phi) is 6.52. The molecule has 5 aromatic rings. The third-order valence-electron chi connectivity index (χ3n) is 6.67. The molecule has 2 N–H and O–H groups in total. The Hall–Kier alpha value is -4.95. The predicted molar refractivity (Wildman–Crippen MR) is 154 cm³/mol. The second kappa shape index (κ2) is 10.4. The number of carboxylic acids is 1. The minimum absolute atomic E-state index is 0.217. The van der Waals surface area contributed by atoms with Crippen LogP contribution in [0, 0.1) is 0 Å². The lowest BCUT2D eigenvalue weighted by atomic mass is 10.0. The molecule has 0 saturated carbocycles. The first-order valence-corrected chi connectivity index (χ1v) is 12.8. The lowest BCUT2D eigenvalue weighted by Crippen LogP contribution is -2.30. The van der Waals surface area contributed by atoms with E-state index in [4.69, 9.17) is 17.0 Å². The molecular weight excluding hydrogens is 508 g/mol. The largest absolute Gasteiger partial charge is 0.478 e. The van der Waals surface area contributed by atoms with E-state index in [1.54, 1.807) is 18.3 Å². The summed E-state index contributed by atoms with van der Waals surface area (Å²) in [5.41, 5.74) is 3.84. The number of thiocarbonyl (C=S) groups is 1. The highest BCUT2D eigenvalue weighted by Gasteiger charge is 2.42. The quantitative estimate of drug-likeness (QED) is 0.230. The molecule has 7 nitrogen and oxygen atoms in total. The van der Waals surface area contributed by atoms with Crippen LogP contribution >= 0.6 is 12.2 Å². The Balaban J connectivity index is 1.39. The molecule has 0 unspecified atom stereocenters. The lowest BCUT2D eigenvalue weighted by Gasteiger charge is -2.29. The molecule has 1 saturated heterocycles. The van der Waals surface area contributed by atoms with Crippen molar-refractivity contribution in [2.45, 2.75) is 12.1 Å². The Morgan fingerprint density at radius 3 is 2.21 bits per heavy atom. The first-order valence-electron chi connectivity index (χ1n) is 12.4. The molecule has 192 valence electrons. The Morgan fingerprint density at radius 2 is 1.51 bits per heavy atom. The number of carbonyl (C=O) groups is 1. The minimum Gasteiger partial charge on any atom is -0.478 e. The molecule has 8 heteroatoms. The summed E-state index contributed by atoms with van der Waals surface area (Å²) >= 11 is 5.88. The van der Waals surface area contributed by atoms with E-state index in [1.165, 1.54) is 0 Å². The number of benzene rings is 3. The summed E-state index contributed by atoms with van der Waals surface area (Å²) in [5.74, 6) is 0.534. The minimum atomic E-state index is -0.958. The van der Waals surface area contributed by atoms with Crippen LogP contribution in [0.2, 0.25) is 0 Å². The highest BCUT2D eigenvalue weighted by atomic mass is 32.1. The highest BCUT2D eigenvalue weighted by molar-refractivity contribution is 7.80. The number of rotatable bonds is 7. The molecular formula is C31H24N4O3S. The molecule has 1 aliphatic rings. The molecule has 0 spiro atoms. The van der Waals surface area contributed by atoms with Crippen LogP contribution in [0.1, 0.15) is 33.8 Å². The van der Waals surface area contributed by atoms with Crippen LogP contribution in [-0.4, -0.2) is 25.7 Å². The van der Waals surface area contributed by atoms with Gasteiger partial charge in [-0.25, -0.2) is 4.79 Å². The maximum Gasteiger partial charge on any atom is 0.335 e. The third-order valence-corrected chi connectivity index (χ3v) is 6.98. The molecule has 3 aromatic carbocycles. The van der Waals surface area contributed by atoms with Gasteiger partial charge in [-0.3, -0.25) is 4.98 Å². The zero-order chi connectivity index (χ0) is 26.8. The second-order valence-electron chi connectivity index (χ2n) is 9.06. The molecule has 1 aliphatic heterocycles. The fourth-order valence-corrected chi connectivity index (χ4v) is 5.21. The molecule has 2 atom stereocenters. The number of anilines is 1. The number of ether oxygens (including phenoxy) is 1. The zero-order valence-corrected chi connectivity index (χ0v) is 21.5. The molecule has 0 radical (unpaired) electrons. The summed E-state index contributed by atoms with van der Waals surface area (Å²) in [7, 11) is 0. The lowest BCUT2D eigenvalue weighted by molar-refractivity contribution is 0.0697. The first-order chi connectivity index (χ1) is 19.1. The molecule has 0 aliphatic carbocycles. The SMILES string of the molecule is O=C(O)c1ccc(-n2cccc2[C@@H]2[C@H](c3ccccn3)NC(=S)N2c2ccc(Oc3ccccc3)cc2)cc1. The van der Waals surface area contributed by atoms with E-state index in [-0.39, 0.29) is 17.6 Å². The first kappa shape index (κ1) is 24.4. The topological polar surface area (TPSA) is 79.6 Å². The highest BCUT2D eigenvalue weighted by Crippen LogP contribution is 2.42. The fraction of sp³-hybridized carbons (Fsp3) is 0.0645. The number of para-hydroxylation sites is 1.